The van der Waals surface area contributed by atoms with Crippen molar-refractivity contribution in [2.75, 3.05) is 20.6 Å². The van der Waals surface area contributed by atoms with Gasteiger partial charge in [0.15, 0.2) is 5.96 Å². The van der Waals surface area contributed by atoms with E-state index in [9.17, 15) is 0 Å². The maximum Gasteiger partial charge on any atom is 0.193 e. The summed E-state index contributed by atoms with van der Waals surface area (Å²) in [5.74, 6) is 0.906. The number of aliphatic imine (C=N–C) groups is 1. The van der Waals surface area contributed by atoms with Crippen LogP contribution in [-0.2, 0) is 20.0 Å². The maximum atomic E-state index is 4.47. The first-order valence-electron chi connectivity index (χ1n) is 7.03. The standard InChI is InChI=1S/C15H23N5S/c1-12-18-13(11-21-12)7-8-17-15(16-2)20(4)10-14-6-5-9-19(14)3/h5-6,9,11H,7-8,10H2,1-4H3,(H,16,17). The Kier molecular flexibility index (Phi) is 5.38. The van der Waals surface area contributed by atoms with Gasteiger partial charge in [0.25, 0.3) is 0 Å². The van der Waals surface area contributed by atoms with Crippen molar-refractivity contribution in [1.82, 2.24) is 19.8 Å². The largest absolute Gasteiger partial charge is 0.356 e. The molecule has 0 aliphatic carbocycles. The second kappa shape index (κ2) is 7.26. The van der Waals surface area contributed by atoms with Gasteiger partial charge < -0.3 is 14.8 Å². The summed E-state index contributed by atoms with van der Waals surface area (Å²) in [4.78, 5) is 10.9. The zero-order valence-electron chi connectivity index (χ0n) is 13.1. The summed E-state index contributed by atoms with van der Waals surface area (Å²) >= 11 is 1.70. The third kappa shape index (κ3) is 4.32. The third-order valence-corrected chi connectivity index (χ3v) is 4.18. The van der Waals surface area contributed by atoms with Crippen molar-refractivity contribution in [3.8, 4) is 0 Å². The number of guanidine groups is 1. The van der Waals surface area contributed by atoms with Crippen LogP contribution in [0.1, 0.15) is 16.4 Å². The van der Waals surface area contributed by atoms with Crippen molar-refractivity contribution in [3.05, 3.63) is 40.1 Å². The molecule has 5 nitrogen and oxygen atoms in total. The SMILES string of the molecule is CN=C(NCCc1csc(C)n1)N(C)Cc1cccn1C. The quantitative estimate of drug-likeness (QED) is 0.679. The van der Waals surface area contributed by atoms with Crippen LogP contribution in [-0.4, -0.2) is 41.1 Å². The molecule has 1 N–H and O–H groups in total. The molecule has 0 aliphatic heterocycles. The van der Waals surface area contributed by atoms with Crippen LogP contribution >= 0.6 is 11.3 Å². The van der Waals surface area contributed by atoms with Crippen LogP contribution < -0.4 is 5.32 Å². The Labute approximate surface area is 130 Å². The Balaban J connectivity index is 1.83. The van der Waals surface area contributed by atoms with Gasteiger partial charge in [0, 0.05) is 51.4 Å². The topological polar surface area (TPSA) is 45.5 Å². The van der Waals surface area contributed by atoms with Crippen LogP contribution in [0.5, 0.6) is 0 Å². The lowest BCUT2D eigenvalue weighted by Crippen LogP contribution is -2.39. The Morgan fingerprint density at radius 2 is 2.33 bits per heavy atom. The van der Waals surface area contributed by atoms with Crippen molar-refractivity contribution in [1.29, 1.82) is 0 Å². The van der Waals surface area contributed by atoms with E-state index in [2.05, 4.69) is 62.6 Å². The number of rotatable bonds is 5. The van der Waals surface area contributed by atoms with Crippen LogP contribution in [0.3, 0.4) is 0 Å². The van der Waals surface area contributed by atoms with Crippen LogP contribution in [0, 0.1) is 6.92 Å². The molecule has 2 aromatic rings. The van der Waals surface area contributed by atoms with Crippen LogP contribution in [0.25, 0.3) is 0 Å². The van der Waals surface area contributed by atoms with Gasteiger partial charge in [-0.25, -0.2) is 4.98 Å². The molecule has 0 fully saturated rings. The molecule has 0 radical (unpaired) electrons. The highest BCUT2D eigenvalue weighted by molar-refractivity contribution is 7.09. The molecule has 0 unspecified atom stereocenters. The fraction of sp³-hybridized carbons (Fsp3) is 0.467. The lowest BCUT2D eigenvalue weighted by molar-refractivity contribution is 0.462. The molecule has 0 spiro atoms. The average Bonchev–Trinajstić information content (AvgIpc) is 3.04. The average molecular weight is 305 g/mol. The molecular formula is C15H23N5S. The van der Waals surface area contributed by atoms with E-state index in [1.54, 1.807) is 11.3 Å². The van der Waals surface area contributed by atoms with Gasteiger partial charge in [-0.3, -0.25) is 4.99 Å². The molecule has 0 aromatic carbocycles. The van der Waals surface area contributed by atoms with Gasteiger partial charge in [-0.05, 0) is 19.1 Å². The summed E-state index contributed by atoms with van der Waals surface area (Å²) in [6.45, 7) is 3.71. The molecular weight excluding hydrogens is 282 g/mol. The van der Waals surface area contributed by atoms with E-state index in [1.165, 1.54) is 5.69 Å². The smallest absolute Gasteiger partial charge is 0.193 e. The number of nitrogens with one attached hydrogen (secondary N) is 1. The minimum Gasteiger partial charge on any atom is -0.356 e. The summed E-state index contributed by atoms with van der Waals surface area (Å²) in [6.07, 6.45) is 2.98. The molecule has 2 rings (SSSR count). The summed E-state index contributed by atoms with van der Waals surface area (Å²) in [6, 6.07) is 4.19. The first-order chi connectivity index (χ1) is 10.1. The second-order valence-electron chi connectivity index (χ2n) is 5.05. The minimum atomic E-state index is 0.832. The number of aryl methyl sites for hydroxylation is 2. The summed E-state index contributed by atoms with van der Waals surface area (Å²) in [5, 5.41) is 6.63. The zero-order valence-corrected chi connectivity index (χ0v) is 13.9. The summed E-state index contributed by atoms with van der Waals surface area (Å²) in [5.41, 5.74) is 2.40. The monoisotopic (exact) mass is 305 g/mol. The fourth-order valence-electron chi connectivity index (χ4n) is 2.19. The Hall–Kier alpha value is -1.82. The van der Waals surface area contributed by atoms with E-state index >= 15 is 0 Å². The Bertz CT molecular complexity index is 599. The first kappa shape index (κ1) is 15.6. The second-order valence-corrected chi connectivity index (χ2v) is 6.11. The highest BCUT2D eigenvalue weighted by atomic mass is 32.1. The molecule has 0 bridgehead atoms. The zero-order chi connectivity index (χ0) is 15.2. The van der Waals surface area contributed by atoms with E-state index in [1.807, 2.05) is 14.0 Å². The molecule has 2 heterocycles. The molecule has 0 aliphatic rings. The fourth-order valence-corrected chi connectivity index (χ4v) is 2.84. The van der Waals surface area contributed by atoms with Crippen LogP contribution in [0.2, 0.25) is 0 Å². The Morgan fingerprint density at radius 3 is 2.90 bits per heavy atom. The molecule has 114 valence electrons. The summed E-state index contributed by atoms with van der Waals surface area (Å²) in [7, 11) is 5.93. The number of thiazole rings is 1. The molecule has 0 amide bonds. The lowest BCUT2D eigenvalue weighted by Gasteiger charge is -2.22. The van der Waals surface area contributed by atoms with E-state index in [-0.39, 0.29) is 0 Å². The van der Waals surface area contributed by atoms with Gasteiger partial charge in [0.1, 0.15) is 0 Å². The number of nitrogens with zero attached hydrogens (tertiary/aromatic N) is 4. The van der Waals surface area contributed by atoms with Gasteiger partial charge >= 0.3 is 0 Å². The van der Waals surface area contributed by atoms with Crippen molar-refractivity contribution < 1.29 is 0 Å². The van der Waals surface area contributed by atoms with Gasteiger partial charge in [0.05, 0.1) is 17.2 Å². The van der Waals surface area contributed by atoms with Gasteiger partial charge in [-0.1, -0.05) is 0 Å². The van der Waals surface area contributed by atoms with E-state index in [4.69, 9.17) is 0 Å². The lowest BCUT2D eigenvalue weighted by atomic mass is 10.3. The van der Waals surface area contributed by atoms with Crippen molar-refractivity contribution in [2.24, 2.45) is 12.0 Å². The van der Waals surface area contributed by atoms with E-state index < -0.39 is 0 Å². The third-order valence-electron chi connectivity index (χ3n) is 3.35. The molecule has 0 saturated heterocycles. The molecule has 21 heavy (non-hydrogen) atoms. The highest BCUT2D eigenvalue weighted by Gasteiger charge is 2.08. The minimum absolute atomic E-state index is 0.832. The molecule has 0 saturated carbocycles. The van der Waals surface area contributed by atoms with Gasteiger partial charge in [0.2, 0.25) is 0 Å². The summed E-state index contributed by atoms with van der Waals surface area (Å²) < 4.78 is 2.13. The number of hydrogen-bond acceptors (Lipinski definition) is 3. The van der Waals surface area contributed by atoms with Crippen LogP contribution in [0.15, 0.2) is 28.7 Å². The normalized spacial score (nSPS) is 11.7. The highest BCUT2D eigenvalue weighted by Crippen LogP contribution is 2.08. The molecule has 0 atom stereocenters. The van der Waals surface area contributed by atoms with E-state index in [0.717, 1.165) is 36.2 Å². The van der Waals surface area contributed by atoms with Crippen molar-refractivity contribution in [2.45, 2.75) is 19.9 Å². The number of hydrogen-bond donors (Lipinski definition) is 1. The van der Waals surface area contributed by atoms with Crippen molar-refractivity contribution >= 4 is 17.3 Å². The molecule has 2 aromatic heterocycles. The maximum absolute atomic E-state index is 4.47. The van der Waals surface area contributed by atoms with E-state index in [0.29, 0.717) is 0 Å². The van der Waals surface area contributed by atoms with Crippen LogP contribution in [0.4, 0.5) is 0 Å². The number of aromatic nitrogens is 2. The molecule has 6 heteroatoms. The van der Waals surface area contributed by atoms with Gasteiger partial charge in [-0.2, -0.15) is 0 Å². The van der Waals surface area contributed by atoms with Crippen molar-refractivity contribution in [3.63, 3.8) is 0 Å². The van der Waals surface area contributed by atoms with Gasteiger partial charge in [-0.15, -0.1) is 11.3 Å². The Morgan fingerprint density at radius 1 is 1.52 bits per heavy atom. The predicted octanol–water partition coefficient (Wildman–Crippen LogP) is 2.04. The predicted molar refractivity (Wildman–Crippen MR) is 88.8 cm³/mol. The first-order valence-corrected chi connectivity index (χ1v) is 7.91.